The van der Waals surface area contributed by atoms with Crippen LogP contribution in [0, 0.1) is 0 Å². The van der Waals surface area contributed by atoms with Gasteiger partial charge in [0.15, 0.2) is 0 Å². The minimum Gasteiger partial charge on any atom is -0.272 e. The number of aliphatic imine (C=N–C) groups is 2. The zero-order valence-corrected chi connectivity index (χ0v) is 5.57. The molecule has 2 rings (SSSR count). The largest absolute Gasteiger partial charge is 0.295 e. The Kier molecular flexibility index (Phi) is 1.09. The van der Waals surface area contributed by atoms with Crippen molar-refractivity contribution in [1.82, 2.24) is 0 Å². The molecule has 54 valence electrons. The fraction of sp³-hybridized carbons (Fsp3) is 0.143. The molecule has 0 aromatic rings. The maximum Gasteiger partial charge on any atom is 0.295 e. The molecule has 0 atom stereocenters. The van der Waals surface area contributed by atoms with Gasteiger partial charge in [-0.05, 0) is 11.6 Å². The predicted octanol–water partition coefficient (Wildman–Crippen LogP) is -0.105. The van der Waals surface area contributed by atoms with E-state index in [1.807, 2.05) is 0 Å². The molecule has 0 aromatic heterocycles. The van der Waals surface area contributed by atoms with Crippen LogP contribution >= 0.6 is 0 Å². The molecule has 4 heteroatoms. The Morgan fingerprint density at radius 1 is 1.36 bits per heavy atom. The molecule has 0 aliphatic carbocycles. The van der Waals surface area contributed by atoms with Gasteiger partial charge in [-0.15, -0.1) is 0 Å². The van der Waals surface area contributed by atoms with Gasteiger partial charge in [-0.2, -0.15) is 0 Å². The first-order chi connectivity index (χ1) is 5.27. The van der Waals surface area contributed by atoms with Gasteiger partial charge in [-0.1, -0.05) is 0 Å². The summed E-state index contributed by atoms with van der Waals surface area (Å²) in [6.45, 7) is 0. The zero-order chi connectivity index (χ0) is 7.84. The van der Waals surface area contributed by atoms with Crippen LogP contribution in [0.4, 0.5) is 0 Å². The van der Waals surface area contributed by atoms with Crippen molar-refractivity contribution in [1.29, 1.82) is 0 Å². The quantitative estimate of drug-likeness (QED) is 0.481. The molecule has 0 spiro atoms. The van der Waals surface area contributed by atoms with Gasteiger partial charge in [0.05, 0.1) is 6.42 Å². The highest BCUT2D eigenvalue weighted by Crippen LogP contribution is 2.16. The highest BCUT2D eigenvalue weighted by molar-refractivity contribution is 6.51. The van der Waals surface area contributed by atoms with Crippen molar-refractivity contribution < 1.29 is 9.59 Å². The van der Waals surface area contributed by atoms with Crippen LogP contribution in [0.5, 0.6) is 0 Å². The summed E-state index contributed by atoms with van der Waals surface area (Å²) >= 11 is 0. The lowest BCUT2D eigenvalue weighted by Crippen LogP contribution is -2.14. The molecule has 0 fully saturated rings. The van der Waals surface area contributed by atoms with Crippen LogP contribution in [0.25, 0.3) is 0 Å². The third-order valence-electron chi connectivity index (χ3n) is 1.55. The number of nitrogens with zero attached hydrogens (tertiary/aromatic N) is 2. The highest BCUT2D eigenvalue weighted by atomic mass is 16.2. The molecule has 0 aromatic carbocycles. The fourth-order valence-corrected chi connectivity index (χ4v) is 1.06. The van der Waals surface area contributed by atoms with E-state index in [-0.39, 0.29) is 18.0 Å². The summed E-state index contributed by atoms with van der Waals surface area (Å²) in [6.07, 6.45) is 3.29. The van der Waals surface area contributed by atoms with Crippen LogP contribution in [-0.2, 0) is 9.59 Å². The molecule has 0 radical (unpaired) electrons. The number of rotatable bonds is 0. The van der Waals surface area contributed by atoms with E-state index in [0.29, 0.717) is 5.57 Å². The fourth-order valence-electron chi connectivity index (χ4n) is 1.06. The molecule has 4 nitrogen and oxygen atoms in total. The standard InChI is InChI=1S/C7H4N2O2/c10-5-3-4-1-2-8-7(11)6(4)9-5/h1-2H,3H2. The summed E-state index contributed by atoms with van der Waals surface area (Å²) < 4.78 is 0. The Balaban J connectivity index is 2.52. The summed E-state index contributed by atoms with van der Waals surface area (Å²) in [7, 11) is 0. The average Bonchev–Trinajstić information content (AvgIpc) is 2.31. The van der Waals surface area contributed by atoms with Crippen LogP contribution in [-0.4, -0.2) is 23.7 Å². The minimum absolute atomic E-state index is 0.220. The number of carbonyl (C=O) groups is 2. The summed E-state index contributed by atoms with van der Waals surface area (Å²) in [5.74, 6) is -0.668. The van der Waals surface area contributed by atoms with E-state index in [0.717, 1.165) is 0 Å². The van der Waals surface area contributed by atoms with E-state index in [4.69, 9.17) is 0 Å². The van der Waals surface area contributed by atoms with Crippen LogP contribution < -0.4 is 0 Å². The average molecular weight is 148 g/mol. The topological polar surface area (TPSA) is 58.9 Å². The first kappa shape index (κ1) is 6.15. The Labute approximate surface area is 62.3 Å². The van der Waals surface area contributed by atoms with E-state index < -0.39 is 5.91 Å². The van der Waals surface area contributed by atoms with Crippen molar-refractivity contribution in [2.45, 2.75) is 6.42 Å². The van der Waals surface area contributed by atoms with Crippen molar-refractivity contribution in [3.63, 3.8) is 0 Å². The molecule has 11 heavy (non-hydrogen) atoms. The van der Waals surface area contributed by atoms with Gasteiger partial charge < -0.3 is 0 Å². The van der Waals surface area contributed by atoms with E-state index in [9.17, 15) is 9.59 Å². The number of amides is 2. The molecular formula is C7H4N2O2. The van der Waals surface area contributed by atoms with Crippen molar-refractivity contribution in [3.05, 3.63) is 11.6 Å². The van der Waals surface area contributed by atoms with Gasteiger partial charge in [-0.25, -0.2) is 9.98 Å². The summed E-state index contributed by atoms with van der Waals surface area (Å²) in [5.41, 5.74) is 0.910. The predicted molar refractivity (Wildman–Crippen MR) is 38.6 cm³/mol. The second-order valence-corrected chi connectivity index (χ2v) is 2.31. The smallest absolute Gasteiger partial charge is 0.272 e. The number of dihydropyridines is 1. The minimum atomic E-state index is -0.409. The number of fused-ring (bicyclic) bond motifs is 1. The summed E-state index contributed by atoms with van der Waals surface area (Å²) in [4.78, 5) is 28.6. The summed E-state index contributed by atoms with van der Waals surface area (Å²) in [6, 6.07) is 0. The molecule has 0 saturated carbocycles. The van der Waals surface area contributed by atoms with Gasteiger partial charge in [0.25, 0.3) is 11.8 Å². The normalized spacial score (nSPS) is 21.5. The van der Waals surface area contributed by atoms with Crippen molar-refractivity contribution >= 4 is 23.7 Å². The third kappa shape index (κ3) is 0.832. The first-order valence-corrected chi connectivity index (χ1v) is 3.17. The molecule has 0 unspecified atom stereocenters. The lowest BCUT2D eigenvalue weighted by molar-refractivity contribution is -0.117. The zero-order valence-electron chi connectivity index (χ0n) is 5.57. The molecule has 0 N–H and O–H groups in total. The molecular weight excluding hydrogens is 144 g/mol. The molecule has 2 aliphatic heterocycles. The van der Waals surface area contributed by atoms with E-state index in [2.05, 4.69) is 9.98 Å². The first-order valence-electron chi connectivity index (χ1n) is 3.17. The van der Waals surface area contributed by atoms with Crippen molar-refractivity contribution in [3.8, 4) is 0 Å². The van der Waals surface area contributed by atoms with Crippen LogP contribution in [0.2, 0.25) is 0 Å². The van der Waals surface area contributed by atoms with Gasteiger partial charge in [0, 0.05) is 6.21 Å². The Bertz CT molecular complexity index is 336. The second kappa shape index (κ2) is 1.95. The van der Waals surface area contributed by atoms with Crippen LogP contribution in [0.15, 0.2) is 21.6 Å². The van der Waals surface area contributed by atoms with Crippen molar-refractivity contribution in [2.75, 3.05) is 0 Å². The highest BCUT2D eigenvalue weighted by Gasteiger charge is 2.26. The number of carbonyl (C=O) groups excluding carboxylic acids is 2. The number of hydrogen-bond acceptors (Lipinski definition) is 2. The molecule has 2 aliphatic rings. The summed E-state index contributed by atoms with van der Waals surface area (Å²) in [5, 5.41) is 0. The lowest BCUT2D eigenvalue weighted by atomic mass is 10.1. The third-order valence-corrected chi connectivity index (χ3v) is 1.55. The van der Waals surface area contributed by atoms with Crippen LogP contribution in [0.3, 0.4) is 0 Å². The molecule has 0 bridgehead atoms. The van der Waals surface area contributed by atoms with Crippen LogP contribution in [0.1, 0.15) is 6.42 Å². The van der Waals surface area contributed by atoms with Gasteiger partial charge in [-0.3, -0.25) is 9.59 Å². The van der Waals surface area contributed by atoms with Crippen molar-refractivity contribution in [2.24, 2.45) is 9.98 Å². The lowest BCUT2D eigenvalue weighted by Gasteiger charge is -1.99. The van der Waals surface area contributed by atoms with E-state index >= 15 is 0 Å². The van der Waals surface area contributed by atoms with Gasteiger partial charge in [0.1, 0.15) is 5.71 Å². The van der Waals surface area contributed by atoms with E-state index in [1.165, 1.54) is 6.21 Å². The molecule has 2 amide bonds. The monoisotopic (exact) mass is 148 g/mol. The SMILES string of the molecule is O=C1CC2=CC=NC(=O)C2=N1. The second-order valence-electron chi connectivity index (χ2n) is 2.31. The molecule has 2 heterocycles. The van der Waals surface area contributed by atoms with Gasteiger partial charge >= 0.3 is 0 Å². The molecule has 0 saturated heterocycles. The Morgan fingerprint density at radius 3 is 2.91 bits per heavy atom. The maximum absolute atomic E-state index is 10.9. The number of allylic oxidation sites excluding steroid dienone is 1. The Hall–Kier alpha value is -1.58. The maximum atomic E-state index is 10.9. The van der Waals surface area contributed by atoms with Gasteiger partial charge in [0.2, 0.25) is 0 Å². The Morgan fingerprint density at radius 2 is 2.18 bits per heavy atom. The van der Waals surface area contributed by atoms with E-state index in [1.54, 1.807) is 6.08 Å². The number of hydrogen-bond donors (Lipinski definition) is 0.